The first kappa shape index (κ1) is 13.5. The monoisotopic (exact) mass is 327 g/mol. The molecule has 0 amide bonds. The fourth-order valence-electron chi connectivity index (χ4n) is 2.86. The maximum absolute atomic E-state index is 4.49. The van der Waals surface area contributed by atoms with Gasteiger partial charge in [-0.2, -0.15) is 14.6 Å². The van der Waals surface area contributed by atoms with Gasteiger partial charge in [-0.3, -0.25) is 0 Å². The smallest absolute Gasteiger partial charge is 0.253 e. The predicted molar refractivity (Wildman–Crippen MR) is 84.6 cm³/mol. The van der Waals surface area contributed by atoms with Crippen molar-refractivity contribution in [3.8, 4) is 0 Å². The molecule has 0 atom stereocenters. The first-order chi connectivity index (χ1) is 11.2. The van der Waals surface area contributed by atoms with Crippen LogP contribution in [0.4, 0.5) is 0 Å². The molecular formula is C15H17N7S. The summed E-state index contributed by atoms with van der Waals surface area (Å²) in [5.41, 5.74) is 2.10. The molecule has 2 fully saturated rings. The molecule has 0 saturated heterocycles. The van der Waals surface area contributed by atoms with Crippen molar-refractivity contribution >= 4 is 17.5 Å². The minimum absolute atomic E-state index is 0.581. The van der Waals surface area contributed by atoms with E-state index in [1.807, 2.05) is 6.92 Å². The van der Waals surface area contributed by atoms with Crippen molar-refractivity contribution in [3.05, 3.63) is 23.4 Å². The fourth-order valence-corrected chi connectivity index (χ4v) is 3.97. The number of hydrogen-bond acceptors (Lipinski definition) is 6. The fraction of sp³-hybridized carbons (Fsp3) is 0.533. The summed E-state index contributed by atoms with van der Waals surface area (Å²) in [5.74, 6) is 2.42. The Morgan fingerprint density at radius 1 is 1.13 bits per heavy atom. The highest BCUT2D eigenvalue weighted by molar-refractivity contribution is 7.99. The van der Waals surface area contributed by atoms with Crippen molar-refractivity contribution in [2.45, 2.75) is 61.7 Å². The Balaban J connectivity index is 1.62. The largest absolute Gasteiger partial charge is 0.302 e. The Labute approximate surface area is 137 Å². The van der Waals surface area contributed by atoms with Crippen LogP contribution in [0.2, 0.25) is 0 Å². The molecule has 7 nitrogen and oxygen atoms in total. The summed E-state index contributed by atoms with van der Waals surface area (Å²) in [5, 5.41) is 15.3. The highest BCUT2D eigenvalue weighted by atomic mass is 32.2. The van der Waals surface area contributed by atoms with Crippen LogP contribution in [0.3, 0.4) is 0 Å². The highest BCUT2D eigenvalue weighted by Crippen LogP contribution is 2.46. The Morgan fingerprint density at radius 2 is 1.96 bits per heavy atom. The molecule has 2 saturated carbocycles. The van der Waals surface area contributed by atoms with Gasteiger partial charge in [-0.1, -0.05) is 0 Å². The minimum atomic E-state index is 0.581. The number of nitrogens with zero attached hydrogens (tertiary/aromatic N) is 7. The van der Waals surface area contributed by atoms with E-state index in [-0.39, 0.29) is 0 Å². The van der Waals surface area contributed by atoms with Crippen LogP contribution < -0.4 is 0 Å². The van der Waals surface area contributed by atoms with Crippen molar-refractivity contribution in [1.29, 1.82) is 0 Å². The number of fused-ring (bicyclic) bond motifs is 1. The minimum Gasteiger partial charge on any atom is -0.302 e. The van der Waals surface area contributed by atoms with Crippen LogP contribution in [0, 0.1) is 13.8 Å². The summed E-state index contributed by atoms with van der Waals surface area (Å²) < 4.78 is 4.16. The molecule has 118 valence electrons. The third-order valence-corrected chi connectivity index (χ3v) is 5.72. The van der Waals surface area contributed by atoms with E-state index in [0.29, 0.717) is 17.7 Å². The van der Waals surface area contributed by atoms with Gasteiger partial charge in [0.1, 0.15) is 17.2 Å². The van der Waals surface area contributed by atoms with E-state index < -0.39 is 0 Å². The lowest BCUT2D eigenvalue weighted by Crippen LogP contribution is -2.05. The van der Waals surface area contributed by atoms with E-state index in [0.717, 1.165) is 21.4 Å². The standard InChI is InChI=1S/C15H17N7S/c1-8-9(2)18-14-16-7-17-22(14)13(8)23-15-20-19-12(10-3-4-10)21(15)11-5-6-11/h7,10-11H,3-6H2,1-2H3. The van der Waals surface area contributed by atoms with Crippen LogP contribution in [0.1, 0.15) is 54.7 Å². The molecule has 0 bridgehead atoms. The van der Waals surface area contributed by atoms with Crippen LogP contribution >= 0.6 is 11.8 Å². The van der Waals surface area contributed by atoms with Gasteiger partial charge in [-0.25, -0.2) is 4.98 Å². The number of rotatable bonds is 4. The van der Waals surface area contributed by atoms with Gasteiger partial charge in [-0.15, -0.1) is 10.2 Å². The van der Waals surface area contributed by atoms with E-state index in [4.69, 9.17) is 0 Å². The van der Waals surface area contributed by atoms with Gasteiger partial charge in [0.2, 0.25) is 0 Å². The lowest BCUT2D eigenvalue weighted by Gasteiger charge is -2.11. The Bertz CT molecular complexity index is 904. The normalized spacial score (nSPS) is 18.0. The van der Waals surface area contributed by atoms with Crippen LogP contribution in [0.5, 0.6) is 0 Å². The van der Waals surface area contributed by atoms with Crippen LogP contribution in [0.15, 0.2) is 16.5 Å². The second-order valence-electron chi connectivity index (χ2n) is 6.42. The molecule has 3 aromatic rings. The van der Waals surface area contributed by atoms with Gasteiger partial charge >= 0.3 is 0 Å². The summed E-state index contributed by atoms with van der Waals surface area (Å²) in [6.07, 6.45) is 6.51. The summed E-state index contributed by atoms with van der Waals surface area (Å²) in [6.45, 7) is 4.08. The maximum Gasteiger partial charge on any atom is 0.253 e. The van der Waals surface area contributed by atoms with E-state index in [1.54, 1.807) is 22.6 Å². The van der Waals surface area contributed by atoms with Gasteiger partial charge in [-0.05, 0) is 51.3 Å². The molecule has 0 aromatic carbocycles. The molecule has 2 aliphatic rings. The Hall–Kier alpha value is -1.96. The summed E-state index contributed by atoms with van der Waals surface area (Å²) in [7, 11) is 0. The van der Waals surface area contributed by atoms with Crippen molar-refractivity contribution in [2.75, 3.05) is 0 Å². The molecule has 0 aliphatic heterocycles. The molecule has 0 radical (unpaired) electrons. The average Bonchev–Trinajstić information content (AvgIpc) is 3.47. The third-order valence-electron chi connectivity index (χ3n) is 4.59. The quantitative estimate of drug-likeness (QED) is 0.686. The van der Waals surface area contributed by atoms with Crippen molar-refractivity contribution < 1.29 is 0 Å². The van der Waals surface area contributed by atoms with Crippen molar-refractivity contribution in [1.82, 2.24) is 34.3 Å². The molecule has 3 heterocycles. The van der Waals surface area contributed by atoms with E-state index in [2.05, 4.69) is 36.8 Å². The first-order valence-electron chi connectivity index (χ1n) is 8.02. The molecule has 2 aliphatic carbocycles. The SMILES string of the molecule is Cc1nc2ncnn2c(Sc2nnc(C3CC3)n2C2CC2)c1C. The van der Waals surface area contributed by atoms with Crippen molar-refractivity contribution in [2.24, 2.45) is 0 Å². The maximum atomic E-state index is 4.49. The third kappa shape index (κ3) is 2.15. The topological polar surface area (TPSA) is 73.8 Å². The lowest BCUT2D eigenvalue weighted by atomic mass is 10.3. The zero-order chi connectivity index (χ0) is 15.6. The number of hydrogen-bond donors (Lipinski definition) is 0. The summed E-state index contributed by atoms with van der Waals surface area (Å²) >= 11 is 1.63. The van der Waals surface area contributed by atoms with Gasteiger partial charge in [0.15, 0.2) is 5.16 Å². The molecular weight excluding hydrogens is 310 g/mol. The molecule has 0 N–H and O–H groups in total. The van der Waals surface area contributed by atoms with E-state index >= 15 is 0 Å². The average molecular weight is 327 g/mol. The van der Waals surface area contributed by atoms with Gasteiger partial charge in [0.05, 0.1) is 0 Å². The zero-order valence-corrected chi connectivity index (χ0v) is 13.9. The molecule has 0 unspecified atom stereocenters. The molecule has 23 heavy (non-hydrogen) atoms. The Morgan fingerprint density at radius 3 is 2.70 bits per heavy atom. The number of aromatic nitrogens is 7. The van der Waals surface area contributed by atoms with E-state index in [9.17, 15) is 0 Å². The highest BCUT2D eigenvalue weighted by Gasteiger charge is 2.36. The van der Waals surface area contributed by atoms with Gasteiger partial charge < -0.3 is 4.57 Å². The number of aryl methyl sites for hydroxylation is 1. The van der Waals surface area contributed by atoms with Crippen LogP contribution in [0.25, 0.3) is 5.78 Å². The summed E-state index contributed by atoms with van der Waals surface area (Å²) in [4.78, 5) is 8.70. The van der Waals surface area contributed by atoms with Crippen LogP contribution in [-0.2, 0) is 0 Å². The molecule has 5 rings (SSSR count). The molecule has 3 aromatic heterocycles. The predicted octanol–water partition coefficient (Wildman–Crippen LogP) is 2.70. The van der Waals surface area contributed by atoms with Gasteiger partial charge in [0, 0.05) is 23.2 Å². The second kappa shape index (κ2) is 4.77. The summed E-state index contributed by atoms with van der Waals surface area (Å²) in [6, 6.07) is 0.581. The lowest BCUT2D eigenvalue weighted by molar-refractivity contribution is 0.625. The Kier molecular flexibility index (Phi) is 2.79. The van der Waals surface area contributed by atoms with E-state index in [1.165, 1.54) is 31.5 Å². The van der Waals surface area contributed by atoms with Crippen molar-refractivity contribution in [3.63, 3.8) is 0 Å². The first-order valence-corrected chi connectivity index (χ1v) is 8.83. The second-order valence-corrected chi connectivity index (χ2v) is 7.37. The zero-order valence-electron chi connectivity index (χ0n) is 13.1. The van der Waals surface area contributed by atoms with Gasteiger partial charge in [0.25, 0.3) is 5.78 Å². The van der Waals surface area contributed by atoms with Crippen LogP contribution in [-0.4, -0.2) is 34.3 Å². The molecule has 8 heteroatoms. The molecule has 0 spiro atoms.